The van der Waals surface area contributed by atoms with Crippen LogP contribution in [-0.2, 0) is 6.54 Å². The monoisotopic (exact) mass is 238 g/mol. The van der Waals surface area contributed by atoms with E-state index in [9.17, 15) is 4.79 Å². The zero-order valence-electron chi connectivity index (χ0n) is 9.97. The summed E-state index contributed by atoms with van der Waals surface area (Å²) in [6.45, 7) is 4.20. The van der Waals surface area contributed by atoms with E-state index in [-0.39, 0.29) is 5.91 Å². The maximum atomic E-state index is 11.8. The largest absolute Gasteiger partial charge is 0.348 e. The lowest BCUT2D eigenvalue weighted by Crippen LogP contribution is -2.22. The second-order valence-electron chi connectivity index (χ2n) is 3.87. The van der Waals surface area contributed by atoms with Crippen LogP contribution in [0.4, 0.5) is 0 Å². The summed E-state index contributed by atoms with van der Waals surface area (Å²) in [7, 11) is 0. The van der Waals surface area contributed by atoms with Crippen molar-refractivity contribution in [3.8, 4) is 0 Å². The van der Waals surface area contributed by atoms with Crippen LogP contribution in [0.1, 0.15) is 21.5 Å². The second-order valence-corrected chi connectivity index (χ2v) is 3.87. The van der Waals surface area contributed by atoms with Gasteiger partial charge >= 0.3 is 0 Å². The molecular formula is C15H14N2O. The average molecular weight is 238 g/mol. The molecule has 18 heavy (non-hydrogen) atoms. The molecule has 3 heteroatoms. The molecule has 3 nitrogen and oxygen atoms in total. The first-order chi connectivity index (χ1) is 8.79. The number of amides is 1. The Morgan fingerprint density at radius 2 is 2.06 bits per heavy atom. The number of benzene rings is 1. The van der Waals surface area contributed by atoms with Crippen LogP contribution in [0.3, 0.4) is 0 Å². The van der Waals surface area contributed by atoms with Gasteiger partial charge < -0.3 is 5.32 Å². The Hall–Kier alpha value is -2.42. The Morgan fingerprint density at radius 3 is 2.67 bits per heavy atom. The van der Waals surface area contributed by atoms with Crippen LogP contribution in [-0.4, -0.2) is 10.9 Å². The molecule has 0 aliphatic heterocycles. The minimum Gasteiger partial charge on any atom is -0.348 e. The number of hydrogen-bond donors (Lipinski definition) is 1. The zero-order valence-corrected chi connectivity index (χ0v) is 9.97. The molecule has 0 aliphatic rings. The summed E-state index contributed by atoms with van der Waals surface area (Å²) in [5.41, 5.74) is 2.69. The van der Waals surface area contributed by atoms with Crippen LogP contribution in [0.2, 0.25) is 0 Å². The molecule has 0 radical (unpaired) electrons. The maximum absolute atomic E-state index is 11.8. The van der Waals surface area contributed by atoms with Gasteiger partial charge in [0.15, 0.2) is 0 Å². The molecule has 0 bridgehead atoms. The third kappa shape index (κ3) is 3.04. The van der Waals surface area contributed by atoms with Crippen LogP contribution >= 0.6 is 0 Å². The van der Waals surface area contributed by atoms with Crippen molar-refractivity contribution < 1.29 is 4.79 Å². The normalized spacial score (nSPS) is 9.78. The number of nitrogens with zero attached hydrogens (tertiary/aromatic N) is 1. The number of pyridine rings is 1. The summed E-state index contributed by atoms with van der Waals surface area (Å²) in [5, 5.41) is 2.85. The van der Waals surface area contributed by atoms with Crippen molar-refractivity contribution in [2.45, 2.75) is 6.54 Å². The highest BCUT2D eigenvalue weighted by molar-refractivity contribution is 5.93. The minimum atomic E-state index is -0.115. The van der Waals surface area contributed by atoms with Crippen molar-refractivity contribution >= 4 is 12.0 Å². The van der Waals surface area contributed by atoms with Crippen molar-refractivity contribution in [1.29, 1.82) is 0 Å². The van der Waals surface area contributed by atoms with Crippen molar-refractivity contribution in [3.63, 3.8) is 0 Å². The Balaban J connectivity index is 1.95. The average Bonchev–Trinajstić information content (AvgIpc) is 2.46. The molecule has 1 aromatic heterocycles. The van der Waals surface area contributed by atoms with Gasteiger partial charge in [-0.1, -0.05) is 36.9 Å². The predicted molar refractivity (Wildman–Crippen MR) is 71.9 cm³/mol. The molecule has 90 valence electrons. The molecule has 1 N–H and O–H groups in total. The van der Waals surface area contributed by atoms with E-state index in [4.69, 9.17) is 0 Å². The Bertz CT molecular complexity index is 532. The first-order valence-corrected chi connectivity index (χ1v) is 5.69. The standard InChI is InChI=1S/C15H14N2O/c1-2-12-5-7-13(8-6-12)10-17-15(18)14-4-3-9-16-11-14/h2-9,11H,1,10H2,(H,17,18). The number of aromatic nitrogens is 1. The van der Waals surface area contributed by atoms with Crippen LogP contribution in [0.25, 0.3) is 6.08 Å². The third-order valence-electron chi connectivity index (χ3n) is 2.59. The molecule has 2 rings (SSSR count). The highest BCUT2D eigenvalue weighted by Gasteiger charge is 2.04. The van der Waals surface area contributed by atoms with Crippen molar-refractivity contribution in [2.75, 3.05) is 0 Å². The Morgan fingerprint density at radius 1 is 1.28 bits per heavy atom. The number of carbonyl (C=O) groups excluding carboxylic acids is 1. The fraction of sp³-hybridized carbons (Fsp3) is 0.0667. The van der Waals surface area contributed by atoms with Gasteiger partial charge in [-0.2, -0.15) is 0 Å². The maximum Gasteiger partial charge on any atom is 0.253 e. The van der Waals surface area contributed by atoms with Gasteiger partial charge in [-0.05, 0) is 23.3 Å². The number of nitrogens with one attached hydrogen (secondary N) is 1. The Kier molecular flexibility index (Phi) is 3.86. The molecule has 0 fully saturated rings. The van der Waals surface area contributed by atoms with Gasteiger partial charge in [0.05, 0.1) is 5.56 Å². The molecule has 1 aromatic carbocycles. The Labute approximate surface area is 106 Å². The van der Waals surface area contributed by atoms with Crippen LogP contribution in [0, 0.1) is 0 Å². The molecule has 1 amide bonds. The lowest BCUT2D eigenvalue weighted by Gasteiger charge is -2.05. The smallest absolute Gasteiger partial charge is 0.253 e. The summed E-state index contributed by atoms with van der Waals surface area (Å²) in [4.78, 5) is 15.7. The third-order valence-corrected chi connectivity index (χ3v) is 2.59. The molecule has 0 saturated heterocycles. The molecule has 0 aliphatic carbocycles. The van der Waals surface area contributed by atoms with Gasteiger partial charge in [0.1, 0.15) is 0 Å². The van der Waals surface area contributed by atoms with Gasteiger partial charge in [-0.3, -0.25) is 9.78 Å². The lowest BCUT2D eigenvalue weighted by atomic mass is 10.1. The van der Waals surface area contributed by atoms with Gasteiger partial charge in [0.2, 0.25) is 0 Å². The van der Waals surface area contributed by atoms with Crippen molar-refractivity contribution in [2.24, 2.45) is 0 Å². The first kappa shape index (κ1) is 12.0. The summed E-state index contributed by atoms with van der Waals surface area (Å²) in [6.07, 6.45) is 4.99. The second kappa shape index (κ2) is 5.77. The van der Waals surface area contributed by atoms with E-state index in [1.165, 1.54) is 0 Å². The predicted octanol–water partition coefficient (Wildman–Crippen LogP) is 2.65. The molecule has 0 atom stereocenters. The van der Waals surface area contributed by atoms with E-state index in [2.05, 4.69) is 16.9 Å². The summed E-state index contributed by atoms with van der Waals surface area (Å²) < 4.78 is 0. The van der Waals surface area contributed by atoms with Crippen LogP contribution in [0.5, 0.6) is 0 Å². The minimum absolute atomic E-state index is 0.115. The van der Waals surface area contributed by atoms with Gasteiger partial charge in [-0.25, -0.2) is 0 Å². The molecule has 0 unspecified atom stereocenters. The molecule has 1 heterocycles. The van der Waals surface area contributed by atoms with Crippen molar-refractivity contribution in [3.05, 3.63) is 72.1 Å². The number of carbonyl (C=O) groups is 1. The lowest BCUT2D eigenvalue weighted by molar-refractivity contribution is 0.0950. The molecule has 2 aromatic rings. The summed E-state index contributed by atoms with van der Waals surface area (Å²) >= 11 is 0. The van der Waals surface area contributed by atoms with Crippen molar-refractivity contribution in [1.82, 2.24) is 10.3 Å². The highest BCUT2D eigenvalue weighted by Crippen LogP contribution is 2.05. The fourth-order valence-corrected chi connectivity index (χ4v) is 1.55. The van der Waals surface area contributed by atoms with E-state index in [1.807, 2.05) is 24.3 Å². The zero-order chi connectivity index (χ0) is 12.8. The highest BCUT2D eigenvalue weighted by atomic mass is 16.1. The quantitative estimate of drug-likeness (QED) is 0.889. The topological polar surface area (TPSA) is 42.0 Å². The van der Waals surface area contributed by atoms with E-state index in [1.54, 1.807) is 30.6 Å². The van der Waals surface area contributed by atoms with E-state index < -0.39 is 0 Å². The number of hydrogen-bond acceptors (Lipinski definition) is 2. The molecule has 0 spiro atoms. The fourth-order valence-electron chi connectivity index (χ4n) is 1.55. The van der Waals surface area contributed by atoms with Crippen LogP contribution < -0.4 is 5.32 Å². The molecule has 0 saturated carbocycles. The van der Waals surface area contributed by atoms with Crippen LogP contribution in [0.15, 0.2) is 55.4 Å². The molecular weight excluding hydrogens is 224 g/mol. The first-order valence-electron chi connectivity index (χ1n) is 5.69. The van der Waals surface area contributed by atoms with Gasteiger partial charge in [0, 0.05) is 18.9 Å². The van der Waals surface area contributed by atoms with E-state index in [0.717, 1.165) is 11.1 Å². The summed E-state index contributed by atoms with van der Waals surface area (Å²) in [5.74, 6) is -0.115. The van der Waals surface area contributed by atoms with E-state index in [0.29, 0.717) is 12.1 Å². The number of rotatable bonds is 4. The van der Waals surface area contributed by atoms with E-state index >= 15 is 0 Å². The summed E-state index contributed by atoms with van der Waals surface area (Å²) in [6, 6.07) is 11.4. The SMILES string of the molecule is C=Cc1ccc(CNC(=O)c2cccnc2)cc1. The van der Waals surface area contributed by atoms with Gasteiger partial charge in [0.25, 0.3) is 5.91 Å². The van der Waals surface area contributed by atoms with Gasteiger partial charge in [-0.15, -0.1) is 0 Å².